The molecule has 0 unspecified atom stereocenters. The second kappa shape index (κ2) is 11.5. The summed E-state index contributed by atoms with van der Waals surface area (Å²) in [7, 11) is 4.06. The van der Waals surface area contributed by atoms with E-state index in [1.54, 1.807) is 0 Å². The van der Waals surface area contributed by atoms with Crippen LogP contribution in [0.15, 0.2) is 55.0 Å². The second-order valence-corrected chi connectivity index (χ2v) is 12.3. The average molecular weight is 526 g/mol. The van der Waals surface area contributed by atoms with E-state index in [0.717, 1.165) is 54.9 Å². The van der Waals surface area contributed by atoms with Crippen molar-refractivity contribution in [1.29, 1.82) is 0 Å². The summed E-state index contributed by atoms with van der Waals surface area (Å²) in [6, 6.07) is 13.6. The molecule has 6 heteroatoms. The third kappa shape index (κ3) is 6.05. The highest BCUT2D eigenvalue weighted by Crippen LogP contribution is 2.39. The minimum absolute atomic E-state index is 0.164. The van der Waals surface area contributed by atoms with Gasteiger partial charge in [0, 0.05) is 50.2 Å². The molecule has 0 aliphatic heterocycles. The number of amides is 1. The molecule has 206 valence electrons. The van der Waals surface area contributed by atoms with Crippen LogP contribution >= 0.6 is 0 Å². The normalized spacial score (nSPS) is 22.0. The van der Waals surface area contributed by atoms with Crippen molar-refractivity contribution >= 4 is 17.4 Å². The van der Waals surface area contributed by atoms with Crippen molar-refractivity contribution in [1.82, 2.24) is 14.8 Å². The van der Waals surface area contributed by atoms with Gasteiger partial charge in [0.15, 0.2) is 0 Å². The number of rotatable bonds is 8. The summed E-state index contributed by atoms with van der Waals surface area (Å²) in [6.45, 7) is 0.824. The summed E-state index contributed by atoms with van der Waals surface area (Å²) >= 11 is 0. The van der Waals surface area contributed by atoms with Crippen molar-refractivity contribution in [2.24, 2.45) is 11.8 Å². The molecular weight excluding hydrogens is 482 g/mol. The quantitative estimate of drug-likeness (QED) is 0.311. The van der Waals surface area contributed by atoms with Gasteiger partial charge in [-0.25, -0.2) is 4.98 Å². The van der Waals surface area contributed by atoms with Gasteiger partial charge in [-0.2, -0.15) is 5.10 Å². The van der Waals surface area contributed by atoms with Crippen LogP contribution in [0, 0.1) is 11.8 Å². The van der Waals surface area contributed by atoms with Crippen LogP contribution in [0.2, 0.25) is 0 Å². The van der Waals surface area contributed by atoms with Crippen LogP contribution in [-0.2, 0) is 4.79 Å². The first-order valence-electron chi connectivity index (χ1n) is 15.1. The topological polar surface area (TPSA) is 54.3 Å². The molecule has 3 aromatic rings. The lowest BCUT2D eigenvalue weighted by Gasteiger charge is -2.35. The van der Waals surface area contributed by atoms with Gasteiger partial charge in [0.1, 0.15) is 5.82 Å². The van der Waals surface area contributed by atoms with E-state index in [2.05, 4.69) is 68.5 Å². The fourth-order valence-corrected chi connectivity index (χ4v) is 6.61. The van der Waals surface area contributed by atoms with E-state index in [-0.39, 0.29) is 5.92 Å². The third-order valence-corrected chi connectivity index (χ3v) is 9.22. The fourth-order valence-electron chi connectivity index (χ4n) is 6.61. The Hall–Kier alpha value is -3.15. The van der Waals surface area contributed by atoms with E-state index in [9.17, 15) is 4.79 Å². The van der Waals surface area contributed by atoms with Gasteiger partial charge in [-0.05, 0) is 92.5 Å². The predicted molar refractivity (Wildman–Crippen MR) is 158 cm³/mol. The molecular formula is C33H43N5O. The standard InChI is InChI=1S/C33H43N5O/c1-36(2)32-18-15-28(20-34-32)25-13-11-24(12-14-25)22-37(33(39)26-7-4-3-5-8-26)31-10-6-9-27(19-31)29-21-35-38(23-29)30-16-17-30/h6,9-10,15,18-21,23-26,30H,3-5,7-8,11-14,16-17,22H2,1-2H3. The number of pyridine rings is 1. The van der Waals surface area contributed by atoms with Gasteiger partial charge in [-0.1, -0.05) is 37.5 Å². The smallest absolute Gasteiger partial charge is 0.230 e. The lowest BCUT2D eigenvalue weighted by molar-refractivity contribution is -0.123. The van der Waals surface area contributed by atoms with Crippen LogP contribution in [-0.4, -0.2) is 41.3 Å². The second-order valence-electron chi connectivity index (χ2n) is 12.3. The lowest BCUT2D eigenvalue weighted by Crippen LogP contribution is -2.41. The number of hydrogen-bond acceptors (Lipinski definition) is 4. The zero-order chi connectivity index (χ0) is 26.8. The number of anilines is 2. The number of hydrogen-bond donors (Lipinski definition) is 0. The van der Waals surface area contributed by atoms with Gasteiger partial charge in [-0.3, -0.25) is 9.48 Å². The van der Waals surface area contributed by atoms with Gasteiger partial charge in [0.2, 0.25) is 5.91 Å². The number of carbonyl (C=O) groups is 1. The molecule has 1 aromatic carbocycles. The molecule has 0 N–H and O–H groups in total. The maximum atomic E-state index is 14.0. The van der Waals surface area contributed by atoms with Crippen LogP contribution in [0.4, 0.5) is 11.5 Å². The summed E-state index contributed by atoms with van der Waals surface area (Å²) in [5.41, 5.74) is 4.70. The van der Waals surface area contributed by atoms with Crippen LogP contribution in [0.25, 0.3) is 11.1 Å². The molecule has 6 nitrogen and oxygen atoms in total. The highest BCUT2D eigenvalue weighted by molar-refractivity contribution is 5.95. The Morgan fingerprint density at radius 3 is 2.38 bits per heavy atom. The van der Waals surface area contributed by atoms with Crippen molar-refractivity contribution in [2.45, 2.75) is 82.6 Å². The SMILES string of the molecule is CN(C)c1ccc(C2CCC(CN(C(=O)C3CCCCC3)c3cccc(-c4cnn(C5CC5)c4)c3)CC2)cn1. The highest BCUT2D eigenvalue weighted by Gasteiger charge is 2.31. The van der Waals surface area contributed by atoms with Crippen molar-refractivity contribution in [3.8, 4) is 11.1 Å². The molecule has 0 bridgehead atoms. The maximum Gasteiger partial charge on any atom is 0.230 e. The van der Waals surface area contributed by atoms with Crippen LogP contribution < -0.4 is 9.80 Å². The van der Waals surface area contributed by atoms with Gasteiger partial charge in [0.25, 0.3) is 0 Å². The van der Waals surface area contributed by atoms with Crippen molar-refractivity contribution < 1.29 is 4.79 Å². The number of benzene rings is 1. The Morgan fingerprint density at radius 1 is 0.897 bits per heavy atom. The Morgan fingerprint density at radius 2 is 1.69 bits per heavy atom. The van der Waals surface area contributed by atoms with E-state index in [1.165, 1.54) is 50.5 Å². The summed E-state index contributed by atoms with van der Waals surface area (Å²) in [5.74, 6) is 2.61. The van der Waals surface area contributed by atoms with Gasteiger partial charge < -0.3 is 9.80 Å². The summed E-state index contributed by atoms with van der Waals surface area (Å²) in [4.78, 5) is 22.8. The molecule has 3 aliphatic carbocycles. The molecule has 3 aliphatic rings. The molecule has 6 rings (SSSR count). The number of carbonyl (C=O) groups excluding carboxylic acids is 1. The molecule has 39 heavy (non-hydrogen) atoms. The molecule has 2 aromatic heterocycles. The van der Waals surface area contributed by atoms with Crippen molar-refractivity contribution in [2.75, 3.05) is 30.4 Å². The highest BCUT2D eigenvalue weighted by atomic mass is 16.2. The Balaban J connectivity index is 1.18. The summed E-state index contributed by atoms with van der Waals surface area (Å²) in [5, 5.41) is 4.61. The average Bonchev–Trinajstić information content (AvgIpc) is 3.72. The molecule has 3 fully saturated rings. The van der Waals surface area contributed by atoms with Crippen LogP contribution in [0.5, 0.6) is 0 Å². The maximum absolute atomic E-state index is 14.0. The van der Waals surface area contributed by atoms with Crippen molar-refractivity contribution in [3.63, 3.8) is 0 Å². The largest absolute Gasteiger partial charge is 0.363 e. The van der Waals surface area contributed by atoms with Gasteiger partial charge in [0.05, 0.1) is 12.2 Å². The molecule has 0 spiro atoms. The first-order chi connectivity index (χ1) is 19.0. The molecule has 2 heterocycles. The predicted octanol–water partition coefficient (Wildman–Crippen LogP) is 7.23. The summed E-state index contributed by atoms with van der Waals surface area (Å²) in [6.07, 6.45) is 19.0. The van der Waals surface area contributed by atoms with E-state index < -0.39 is 0 Å². The molecule has 0 saturated heterocycles. The van der Waals surface area contributed by atoms with Crippen LogP contribution in [0.3, 0.4) is 0 Å². The Bertz CT molecular complexity index is 1250. The molecule has 0 radical (unpaired) electrons. The molecule has 0 atom stereocenters. The fraction of sp³-hybridized carbons (Fsp3) is 0.545. The van der Waals surface area contributed by atoms with Crippen LogP contribution in [0.1, 0.15) is 88.2 Å². The van der Waals surface area contributed by atoms with E-state index in [1.807, 2.05) is 25.2 Å². The van der Waals surface area contributed by atoms with Gasteiger partial charge in [-0.15, -0.1) is 0 Å². The molecule has 1 amide bonds. The Labute approximate surface area is 233 Å². The number of nitrogens with zero attached hydrogens (tertiary/aromatic N) is 5. The third-order valence-electron chi connectivity index (χ3n) is 9.22. The first-order valence-corrected chi connectivity index (χ1v) is 15.1. The zero-order valence-electron chi connectivity index (χ0n) is 23.6. The van der Waals surface area contributed by atoms with Gasteiger partial charge >= 0.3 is 0 Å². The minimum atomic E-state index is 0.164. The van der Waals surface area contributed by atoms with E-state index in [0.29, 0.717) is 23.8 Å². The lowest BCUT2D eigenvalue weighted by atomic mass is 9.78. The van der Waals surface area contributed by atoms with E-state index in [4.69, 9.17) is 0 Å². The Kier molecular flexibility index (Phi) is 7.71. The first kappa shape index (κ1) is 26.1. The monoisotopic (exact) mass is 525 g/mol. The minimum Gasteiger partial charge on any atom is -0.363 e. The number of aromatic nitrogens is 3. The molecule has 3 saturated carbocycles. The summed E-state index contributed by atoms with van der Waals surface area (Å²) < 4.78 is 2.11. The van der Waals surface area contributed by atoms with Crippen molar-refractivity contribution in [3.05, 3.63) is 60.6 Å². The zero-order valence-corrected chi connectivity index (χ0v) is 23.6. The van der Waals surface area contributed by atoms with E-state index >= 15 is 0 Å².